The van der Waals surface area contributed by atoms with Gasteiger partial charge in [0, 0.05) is 12.6 Å². The van der Waals surface area contributed by atoms with Crippen LogP contribution < -0.4 is 5.32 Å². The number of methoxy groups -OCH3 is 1. The highest BCUT2D eigenvalue weighted by molar-refractivity contribution is 5.91. The van der Waals surface area contributed by atoms with Crippen molar-refractivity contribution in [2.75, 3.05) is 13.7 Å². The second kappa shape index (κ2) is 7.79. The molecule has 0 bridgehead atoms. The number of ether oxygens (including phenoxy) is 1. The number of esters is 1. The predicted octanol–water partition coefficient (Wildman–Crippen LogP) is 1.73. The van der Waals surface area contributed by atoms with Gasteiger partial charge >= 0.3 is 5.97 Å². The van der Waals surface area contributed by atoms with Gasteiger partial charge in [0.25, 0.3) is 0 Å². The molecule has 0 spiro atoms. The van der Waals surface area contributed by atoms with Crippen molar-refractivity contribution in [1.29, 1.82) is 0 Å². The Bertz CT molecular complexity index is 454. The molecule has 0 radical (unpaired) electrons. The first-order valence-electron chi connectivity index (χ1n) is 8.25. The van der Waals surface area contributed by atoms with Crippen molar-refractivity contribution >= 4 is 17.8 Å². The first kappa shape index (κ1) is 19.5. The lowest BCUT2D eigenvalue weighted by molar-refractivity contribution is -0.151. The van der Waals surface area contributed by atoms with E-state index in [2.05, 4.69) is 5.32 Å². The van der Waals surface area contributed by atoms with Gasteiger partial charge in [-0.05, 0) is 32.1 Å². The Morgan fingerprint density at radius 3 is 2.35 bits per heavy atom. The number of likely N-dealkylation sites (tertiary alicyclic amines) is 1. The number of carbonyl (C=O) groups is 3. The molecule has 1 heterocycles. The fourth-order valence-electron chi connectivity index (χ4n) is 2.90. The van der Waals surface area contributed by atoms with E-state index in [0.29, 0.717) is 13.0 Å². The molecule has 1 aliphatic rings. The summed E-state index contributed by atoms with van der Waals surface area (Å²) in [6.45, 7) is 10.1. The highest BCUT2D eigenvalue weighted by Crippen LogP contribution is 2.33. The van der Waals surface area contributed by atoms with Crippen LogP contribution >= 0.6 is 0 Å². The normalized spacial score (nSPS) is 19.6. The largest absolute Gasteiger partial charge is 0.469 e. The summed E-state index contributed by atoms with van der Waals surface area (Å²) >= 11 is 0. The maximum Gasteiger partial charge on any atom is 0.306 e. The van der Waals surface area contributed by atoms with Gasteiger partial charge in [-0.15, -0.1) is 0 Å². The van der Waals surface area contributed by atoms with Gasteiger partial charge < -0.3 is 15.0 Å². The minimum Gasteiger partial charge on any atom is -0.469 e. The molecule has 23 heavy (non-hydrogen) atoms. The summed E-state index contributed by atoms with van der Waals surface area (Å²) in [5.41, 5.74) is -0.382. The van der Waals surface area contributed by atoms with E-state index < -0.39 is 17.9 Å². The number of rotatable bonds is 5. The molecule has 0 saturated carbocycles. The Hall–Kier alpha value is -1.59. The van der Waals surface area contributed by atoms with Gasteiger partial charge in [0.2, 0.25) is 11.8 Å². The van der Waals surface area contributed by atoms with Crippen LogP contribution in [0.5, 0.6) is 0 Å². The molecule has 0 unspecified atom stereocenters. The number of hydrogen-bond donors (Lipinski definition) is 1. The van der Waals surface area contributed by atoms with Gasteiger partial charge in [0.1, 0.15) is 6.04 Å². The molecule has 1 rings (SSSR count). The summed E-state index contributed by atoms with van der Waals surface area (Å²) in [6.07, 6.45) is 1.50. The summed E-state index contributed by atoms with van der Waals surface area (Å²) in [6, 6.07) is -0.402. The van der Waals surface area contributed by atoms with Crippen molar-refractivity contribution in [1.82, 2.24) is 10.2 Å². The molecule has 1 N–H and O–H groups in total. The third kappa shape index (κ3) is 5.22. The third-order valence-electron chi connectivity index (χ3n) is 4.21. The molecular formula is C17H30N2O4. The summed E-state index contributed by atoms with van der Waals surface area (Å²) < 4.78 is 4.73. The average Bonchev–Trinajstić information content (AvgIpc) is 2.91. The van der Waals surface area contributed by atoms with Crippen LogP contribution in [-0.4, -0.2) is 48.4 Å². The van der Waals surface area contributed by atoms with Crippen molar-refractivity contribution in [3.8, 4) is 0 Å². The Kier molecular flexibility index (Phi) is 6.59. The lowest BCUT2D eigenvalue weighted by Gasteiger charge is -2.34. The van der Waals surface area contributed by atoms with E-state index in [1.807, 2.05) is 34.6 Å². The molecule has 0 aromatic carbocycles. The van der Waals surface area contributed by atoms with E-state index >= 15 is 0 Å². The molecule has 0 aromatic rings. The van der Waals surface area contributed by atoms with Crippen LogP contribution in [0.2, 0.25) is 0 Å². The van der Waals surface area contributed by atoms with E-state index in [-0.39, 0.29) is 29.7 Å². The zero-order chi connectivity index (χ0) is 17.8. The molecule has 2 amide bonds. The minimum atomic E-state index is -0.498. The van der Waals surface area contributed by atoms with E-state index in [1.165, 1.54) is 7.11 Å². The zero-order valence-electron chi connectivity index (χ0n) is 15.1. The van der Waals surface area contributed by atoms with Crippen molar-refractivity contribution in [3.63, 3.8) is 0 Å². The summed E-state index contributed by atoms with van der Waals surface area (Å²) in [4.78, 5) is 38.6. The molecule has 1 aliphatic heterocycles. The van der Waals surface area contributed by atoms with Gasteiger partial charge in [-0.1, -0.05) is 20.8 Å². The number of carbonyl (C=O) groups excluding carboxylic acids is 3. The molecule has 6 heteroatoms. The van der Waals surface area contributed by atoms with Gasteiger partial charge in [0.15, 0.2) is 0 Å². The Balaban J connectivity index is 2.93. The molecular weight excluding hydrogens is 296 g/mol. The van der Waals surface area contributed by atoms with Crippen molar-refractivity contribution in [2.24, 2.45) is 11.3 Å². The van der Waals surface area contributed by atoms with E-state index in [0.717, 1.165) is 6.42 Å². The Morgan fingerprint density at radius 1 is 1.26 bits per heavy atom. The predicted molar refractivity (Wildman–Crippen MR) is 87.6 cm³/mol. The van der Waals surface area contributed by atoms with Gasteiger partial charge in [0.05, 0.1) is 19.4 Å². The highest BCUT2D eigenvalue weighted by Gasteiger charge is 2.42. The fourth-order valence-corrected chi connectivity index (χ4v) is 2.90. The average molecular weight is 326 g/mol. The topological polar surface area (TPSA) is 75.7 Å². The van der Waals surface area contributed by atoms with Gasteiger partial charge in [-0.2, -0.15) is 0 Å². The summed E-state index contributed by atoms with van der Waals surface area (Å²) in [5, 5.41) is 2.87. The molecule has 0 aromatic heterocycles. The molecule has 2 atom stereocenters. The highest BCUT2D eigenvalue weighted by atomic mass is 16.5. The van der Waals surface area contributed by atoms with Crippen LogP contribution in [-0.2, 0) is 19.1 Å². The maximum atomic E-state index is 13.0. The number of hydrogen-bond acceptors (Lipinski definition) is 4. The van der Waals surface area contributed by atoms with Crippen molar-refractivity contribution in [2.45, 2.75) is 66.0 Å². The SMILES string of the molecule is COC(=O)C[C@H](C(=O)N1CCC[C@H]1C(=O)NC(C)C)C(C)(C)C. The zero-order valence-corrected chi connectivity index (χ0v) is 15.1. The van der Waals surface area contributed by atoms with Crippen LogP contribution in [0, 0.1) is 11.3 Å². The third-order valence-corrected chi connectivity index (χ3v) is 4.21. The molecule has 132 valence electrons. The van der Waals surface area contributed by atoms with Gasteiger partial charge in [-0.25, -0.2) is 0 Å². The molecule has 1 fully saturated rings. The van der Waals surface area contributed by atoms with Gasteiger partial charge in [-0.3, -0.25) is 14.4 Å². The van der Waals surface area contributed by atoms with Crippen LogP contribution in [0.1, 0.15) is 53.9 Å². The maximum absolute atomic E-state index is 13.0. The molecule has 0 aliphatic carbocycles. The number of nitrogens with one attached hydrogen (secondary N) is 1. The standard InChI is InChI=1S/C17H30N2O4/c1-11(2)18-15(21)13-8-7-9-19(13)16(22)12(17(3,4)5)10-14(20)23-6/h11-13H,7-10H2,1-6H3,(H,18,21)/t12-,13+/m1/s1. The Labute approximate surface area is 138 Å². The molecule has 6 nitrogen and oxygen atoms in total. The number of nitrogens with zero attached hydrogens (tertiary/aromatic N) is 1. The Morgan fingerprint density at radius 2 is 1.87 bits per heavy atom. The minimum absolute atomic E-state index is 0.0356. The van der Waals surface area contributed by atoms with Crippen LogP contribution in [0.4, 0.5) is 0 Å². The lowest BCUT2D eigenvalue weighted by Crippen LogP contribution is -2.51. The fraction of sp³-hybridized carbons (Fsp3) is 0.824. The quantitative estimate of drug-likeness (QED) is 0.781. The number of amides is 2. The lowest BCUT2D eigenvalue weighted by atomic mass is 9.77. The van der Waals surface area contributed by atoms with E-state index in [9.17, 15) is 14.4 Å². The first-order valence-corrected chi connectivity index (χ1v) is 8.25. The summed E-state index contributed by atoms with van der Waals surface area (Å²) in [7, 11) is 1.32. The smallest absolute Gasteiger partial charge is 0.306 e. The van der Waals surface area contributed by atoms with Crippen LogP contribution in [0.25, 0.3) is 0 Å². The van der Waals surface area contributed by atoms with Crippen molar-refractivity contribution in [3.05, 3.63) is 0 Å². The second-order valence-corrected chi connectivity index (χ2v) is 7.55. The van der Waals surface area contributed by atoms with Crippen LogP contribution in [0.15, 0.2) is 0 Å². The van der Waals surface area contributed by atoms with Crippen molar-refractivity contribution < 1.29 is 19.1 Å². The monoisotopic (exact) mass is 326 g/mol. The second-order valence-electron chi connectivity index (χ2n) is 7.55. The molecule has 1 saturated heterocycles. The summed E-state index contributed by atoms with van der Waals surface area (Å²) in [5.74, 6) is -1.15. The first-order chi connectivity index (χ1) is 10.6. The van der Waals surface area contributed by atoms with E-state index in [4.69, 9.17) is 4.74 Å². The van der Waals surface area contributed by atoms with E-state index in [1.54, 1.807) is 4.90 Å². The van der Waals surface area contributed by atoms with Crippen LogP contribution in [0.3, 0.4) is 0 Å².